The summed E-state index contributed by atoms with van der Waals surface area (Å²) in [5.74, 6) is -0.687. The van der Waals surface area contributed by atoms with Crippen molar-refractivity contribution in [3.63, 3.8) is 0 Å². The molecule has 4 amide bonds. The van der Waals surface area contributed by atoms with Crippen LogP contribution < -0.4 is 21.3 Å². The molecule has 0 saturated heterocycles. The zero-order chi connectivity index (χ0) is 27.9. The first-order valence-corrected chi connectivity index (χ1v) is 14.3. The van der Waals surface area contributed by atoms with Crippen LogP contribution in [0.1, 0.15) is 47.4 Å². The Hall–Kier alpha value is -3.50. The van der Waals surface area contributed by atoms with Gasteiger partial charge in [-0.2, -0.15) is 0 Å². The highest BCUT2D eigenvalue weighted by Crippen LogP contribution is 2.37. The maximum absolute atomic E-state index is 12.3. The summed E-state index contributed by atoms with van der Waals surface area (Å²) in [5, 5.41) is 11.1. The summed E-state index contributed by atoms with van der Waals surface area (Å²) in [6, 6.07) is 14.7. The average molecular weight is 555 g/mol. The third kappa shape index (κ3) is 11.3. The van der Waals surface area contributed by atoms with Crippen LogP contribution in [0.4, 0.5) is 0 Å². The monoisotopic (exact) mass is 554 g/mol. The second-order valence-electron chi connectivity index (χ2n) is 8.51. The summed E-state index contributed by atoms with van der Waals surface area (Å²) in [7, 11) is 3.12. The molecule has 4 N–H and O–H groups in total. The molecule has 38 heavy (non-hydrogen) atoms. The molecule has 2 aromatic rings. The van der Waals surface area contributed by atoms with E-state index in [9.17, 15) is 19.2 Å². The Kier molecular flexibility index (Phi) is 13.2. The molecule has 0 aliphatic carbocycles. The van der Waals surface area contributed by atoms with E-state index in [0.717, 1.165) is 9.79 Å². The molecule has 0 bridgehead atoms. The SMILES string of the molecule is C=C(C)C(=O)NCCCNC(=O)c1ccc(SSc2ccc(C(=O)NCCCNC(=O)C(=C)C)cc2)cc1. The van der Waals surface area contributed by atoms with E-state index >= 15 is 0 Å². The highest BCUT2D eigenvalue weighted by atomic mass is 33.1. The van der Waals surface area contributed by atoms with E-state index in [2.05, 4.69) is 34.4 Å². The first-order chi connectivity index (χ1) is 18.2. The van der Waals surface area contributed by atoms with E-state index in [-0.39, 0.29) is 23.6 Å². The third-order valence-corrected chi connectivity index (χ3v) is 7.51. The van der Waals surface area contributed by atoms with Crippen molar-refractivity contribution in [3.8, 4) is 0 Å². The predicted molar refractivity (Wildman–Crippen MR) is 154 cm³/mol. The van der Waals surface area contributed by atoms with Gasteiger partial charge in [-0.25, -0.2) is 0 Å². The van der Waals surface area contributed by atoms with Crippen LogP contribution in [0.15, 0.2) is 82.6 Å². The second-order valence-corrected chi connectivity index (χ2v) is 10.8. The van der Waals surface area contributed by atoms with Gasteiger partial charge in [-0.3, -0.25) is 19.2 Å². The molecular formula is C28H34N4O4S2. The Morgan fingerprint density at radius 2 is 0.895 bits per heavy atom. The molecule has 202 valence electrons. The Bertz CT molecular complexity index is 1060. The van der Waals surface area contributed by atoms with Crippen LogP contribution >= 0.6 is 21.6 Å². The van der Waals surface area contributed by atoms with Crippen molar-refractivity contribution in [3.05, 3.63) is 84.0 Å². The van der Waals surface area contributed by atoms with Gasteiger partial charge in [0.25, 0.3) is 11.8 Å². The smallest absolute Gasteiger partial charge is 0.251 e. The fourth-order valence-electron chi connectivity index (χ4n) is 2.91. The zero-order valence-electron chi connectivity index (χ0n) is 21.7. The number of rotatable bonds is 15. The molecule has 2 rings (SSSR count). The lowest BCUT2D eigenvalue weighted by Crippen LogP contribution is -2.30. The van der Waals surface area contributed by atoms with E-state index in [4.69, 9.17) is 0 Å². The summed E-state index contributed by atoms with van der Waals surface area (Å²) in [4.78, 5) is 49.5. The molecule has 0 saturated carbocycles. The maximum atomic E-state index is 12.3. The highest BCUT2D eigenvalue weighted by Gasteiger charge is 2.08. The number of amides is 4. The maximum Gasteiger partial charge on any atom is 0.251 e. The number of carbonyl (C=O) groups excluding carboxylic acids is 4. The third-order valence-electron chi connectivity index (χ3n) is 5.09. The number of hydrogen-bond acceptors (Lipinski definition) is 6. The summed E-state index contributed by atoms with van der Waals surface area (Å²) >= 11 is 0. The van der Waals surface area contributed by atoms with Gasteiger partial charge in [0.05, 0.1) is 0 Å². The molecule has 0 spiro atoms. The molecule has 0 aliphatic rings. The Balaban J connectivity index is 1.69. The van der Waals surface area contributed by atoms with E-state index < -0.39 is 0 Å². The van der Waals surface area contributed by atoms with E-state index in [1.807, 2.05) is 24.3 Å². The van der Waals surface area contributed by atoms with E-state index in [0.29, 0.717) is 61.3 Å². The molecule has 10 heteroatoms. The summed E-state index contributed by atoms with van der Waals surface area (Å²) in [5.41, 5.74) is 2.05. The minimum atomic E-state index is -0.182. The van der Waals surface area contributed by atoms with Crippen molar-refractivity contribution in [2.45, 2.75) is 36.5 Å². The van der Waals surface area contributed by atoms with Crippen molar-refractivity contribution < 1.29 is 19.2 Å². The van der Waals surface area contributed by atoms with Gasteiger partial charge in [-0.15, -0.1) is 0 Å². The molecule has 0 aliphatic heterocycles. The van der Waals surface area contributed by atoms with Crippen LogP contribution in [0.3, 0.4) is 0 Å². The molecule has 0 radical (unpaired) electrons. The van der Waals surface area contributed by atoms with Crippen LogP contribution in [0.5, 0.6) is 0 Å². The Morgan fingerprint density at radius 1 is 0.579 bits per heavy atom. The lowest BCUT2D eigenvalue weighted by atomic mass is 10.2. The molecule has 8 nitrogen and oxygen atoms in total. The van der Waals surface area contributed by atoms with Gasteiger partial charge < -0.3 is 21.3 Å². The molecule has 2 aromatic carbocycles. The topological polar surface area (TPSA) is 116 Å². The summed E-state index contributed by atoms with van der Waals surface area (Å²) < 4.78 is 0. The number of carbonyl (C=O) groups is 4. The normalized spacial score (nSPS) is 10.3. The van der Waals surface area contributed by atoms with Gasteiger partial charge in [-0.05, 0) is 75.2 Å². The van der Waals surface area contributed by atoms with Crippen LogP contribution in [-0.4, -0.2) is 49.8 Å². The van der Waals surface area contributed by atoms with Crippen molar-refractivity contribution in [1.29, 1.82) is 0 Å². The predicted octanol–water partition coefficient (Wildman–Crippen LogP) is 4.11. The largest absolute Gasteiger partial charge is 0.352 e. The summed E-state index contributed by atoms with van der Waals surface area (Å²) in [6.45, 7) is 12.3. The zero-order valence-corrected chi connectivity index (χ0v) is 23.4. The standard InChI is InChI=1S/C28H34N4O4S2/c1-19(2)25(33)29-15-5-17-31-27(35)21-7-11-23(12-8-21)37-38-24-13-9-22(10-14-24)28(36)32-18-6-16-30-26(34)20(3)4/h7-14H,1,3,5-6,15-18H2,2,4H3,(H,29,33)(H,30,34)(H,31,35)(H,32,36). The van der Waals surface area contributed by atoms with Crippen molar-refractivity contribution in [2.75, 3.05) is 26.2 Å². The Labute approximate surface area is 231 Å². The van der Waals surface area contributed by atoms with Crippen LogP contribution in [0, 0.1) is 0 Å². The first-order valence-electron chi connectivity index (χ1n) is 12.2. The fourth-order valence-corrected chi connectivity index (χ4v) is 4.84. The molecule has 0 heterocycles. The lowest BCUT2D eigenvalue weighted by molar-refractivity contribution is -0.118. The minimum Gasteiger partial charge on any atom is -0.352 e. The number of nitrogens with one attached hydrogen (secondary N) is 4. The van der Waals surface area contributed by atoms with E-state index in [1.54, 1.807) is 59.7 Å². The minimum absolute atomic E-state index is 0.161. The lowest BCUT2D eigenvalue weighted by Gasteiger charge is -2.08. The first kappa shape index (κ1) is 30.7. The highest BCUT2D eigenvalue weighted by molar-refractivity contribution is 8.76. The molecule has 0 aromatic heterocycles. The van der Waals surface area contributed by atoms with Crippen LogP contribution in [0.2, 0.25) is 0 Å². The van der Waals surface area contributed by atoms with Gasteiger partial charge in [0.15, 0.2) is 0 Å². The molecule has 0 fully saturated rings. The average Bonchev–Trinajstić information content (AvgIpc) is 2.91. The second kappa shape index (κ2) is 16.4. The van der Waals surface area contributed by atoms with Gasteiger partial charge in [-0.1, -0.05) is 34.7 Å². The number of benzene rings is 2. The van der Waals surface area contributed by atoms with Crippen LogP contribution in [-0.2, 0) is 9.59 Å². The van der Waals surface area contributed by atoms with Crippen molar-refractivity contribution >= 4 is 45.2 Å². The van der Waals surface area contributed by atoms with E-state index in [1.165, 1.54) is 0 Å². The summed E-state index contributed by atoms with van der Waals surface area (Å²) in [6.07, 6.45) is 1.26. The Morgan fingerprint density at radius 3 is 1.21 bits per heavy atom. The van der Waals surface area contributed by atoms with Crippen molar-refractivity contribution in [1.82, 2.24) is 21.3 Å². The fraction of sp³-hybridized carbons (Fsp3) is 0.286. The molecule has 0 unspecified atom stereocenters. The van der Waals surface area contributed by atoms with Crippen molar-refractivity contribution in [2.24, 2.45) is 0 Å². The van der Waals surface area contributed by atoms with Crippen LogP contribution in [0.25, 0.3) is 0 Å². The number of hydrogen-bond donors (Lipinski definition) is 4. The molecule has 0 atom stereocenters. The quantitative estimate of drug-likeness (QED) is 0.150. The molecular weight excluding hydrogens is 520 g/mol. The van der Waals surface area contributed by atoms with Gasteiger partial charge in [0.2, 0.25) is 11.8 Å². The van der Waals surface area contributed by atoms with Gasteiger partial charge in [0, 0.05) is 58.2 Å². The van der Waals surface area contributed by atoms with Gasteiger partial charge >= 0.3 is 0 Å². The van der Waals surface area contributed by atoms with Gasteiger partial charge in [0.1, 0.15) is 0 Å².